The summed E-state index contributed by atoms with van der Waals surface area (Å²) in [6.07, 6.45) is 0.919. The van der Waals surface area contributed by atoms with Crippen molar-refractivity contribution < 1.29 is 22.0 Å². The van der Waals surface area contributed by atoms with Gasteiger partial charge in [0.05, 0.1) is 5.41 Å². The third kappa shape index (κ3) is 1.86. The monoisotopic (exact) mass is 260 g/mol. The Bertz CT molecular complexity index is 503. The molecule has 1 aliphatic carbocycles. The lowest BCUT2D eigenvalue weighted by Gasteiger charge is -2.21. The maximum Gasteiger partial charge on any atom is 0.458 e. The summed E-state index contributed by atoms with van der Waals surface area (Å²) in [6, 6.07) is 4.30. The van der Waals surface area contributed by atoms with Crippen LogP contribution in [0.3, 0.4) is 0 Å². The van der Waals surface area contributed by atoms with Gasteiger partial charge in [0.2, 0.25) is 0 Å². The summed E-state index contributed by atoms with van der Waals surface area (Å²) in [7, 11) is 0. The molecule has 0 bridgehead atoms. The molecule has 0 saturated heterocycles. The zero-order valence-electron chi connectivity index (χ0n) is 9.19. The molecule has 1 aromatic rings. The van der Waals surface area contributed by atoms with Gasteiger partial charge >= 0.3 is 12.1 Å². The maximum absolute atomic E-state index is 13.2. The van der Waals surface area contributed by atoms with Crippen LogP contribution in [0.5, 0.6) is 0 Å². The minimum Gasteiger partial charge on any atom is -0.191 e. The van der Waals surface area contributed by atoms with Gasteiger partial charge in [-0.3, -0.25) is 0 Å². The third-order valence-corrected chi connectivity index (χ3v) is 3.16. The van der Waals surface area contributed by atoms with Gasteiger partial charge in [0, 0.05) is 5.56 Å². The smallest absolute Gasteiger partial charge is 0.191 e. The van der Waals surface area contributed by atoms with Gasteiger partial charge in [-0.1, -0.05) is 24.1 Å². The second-order valence-electron chi connectivity index (χ2n) is 4.38. The fourth-order valence-electron chi connectivity index (χ4n) is 1.82. The molecule has 1 fully saturated rings. The minimum atomic E-state index is -5.60. The van der Waals surface area contributed by atoms with E-state index in [4.69, 9.17) is 6.42 Å². The number of hydrogen-bond donors (Lipinski definition) is 0. The number of benzene rings is 1. The van der Waals surface area contributed by atoms with Crippen LogP contribution in [0, 0.1) is 12.3 Å². The van der Waals surface area contributed by atoms with E-state index in [1.807, 2.05) is 0 Å². The molecule has 18 heavy (non-hydrogen) atoms. The van der Waals surface area contributed by atoms with Crippen LogP contribution in [0.1, 0.15) is 24.0 Å². The van der Waals surface area contributed by atoms with Crippen molar-refractivity contribution in [3.63, 3.8) is 0 Å². The molecule has 1 aromatic carbocycles. The van der Waals surface area contributed by atoms with Crippen LogP contribution in [0.2, 0.25) is 0 Å². The average Bonchev–Trinajstić information content (AvgIpc) is 3.08. The van der Waals surface area contributed by atoms with E-state index in [1.165, 1.54) is 12.1 Å². The van der Waals surface area contributed by atoms with Crippen molar-refractivity contribution in [3.05, 3.63) is 35.4 Å². The molecule has 0 nitrogen and oxygen atoms in total. The summed E-state index contributed by atoms with van der Waals surface area (Å²) in [6.45, 7) is 0. The second kappa shape index (κ2) is 3.71. The predicted octanol–water partition coefficient (Wildman–Crippen LogP) is 4.01. The Balaban J connectivity index is 2.44. The lowest BCUT2D eigenvalue weighted by atomic mass is 9.93. The van der Waals surface area contributed by atoms with Crippen molar-refractivity contribution in [1.82, 2.24) is 0 Å². The summed E-state index contributed by atoms with van der Waals surface area (Å²) in [5.74, 6) is -2.39. The molecule has 0 unspecified atom stereocenters. The molecule has 0 spiro atoms. The Morgan fingerprint density at radius 3 is 2.17 bits per heavy atom. The third-order valence-electron chi connectivity index (χ3n) is 3.16. The quantitative estimate of drug-likeness (QED) is 0.557. The van der Waals surface area contributed by atoms with Gasteiger partial charge < -0.3 is 0 Å². The van der Waals surface area contributed by atoms with Gasteiger partial charge in [0.1, 0.15) is 0 Å². The van der Waals surface area contributed by atoms with E-state index >= 15 is 0 Å². The van der Waals surface area contributed by atoms with E-state index in [0.717, 1.165) is 12.1 Å². The van der Waals surface area contributed by atoms with Crippen LogP contribution >= 0.6 is 0 Å². The van der Waals surface area contributed by atoms with Crippen LogP contribution in [0.4, 0.5) is 22.0 Å². The Labute approximate surface area is 101 Å². The maximum atomic E-state index is 13.2. The standard InChI is InChI=1S/C13H9F5/c1-2-11(6-7-11)9-4-3-5-10(8-9)12(14,15)13(16,17)18/h1,3-5,8H,6-7H2. The van der Waals surface area contributed by atoms with Crippen molar-refractivity contribution in [2.45, 2.75) is 30.4 Å². The zero-order valence-corrected chi connectivity index (χ0v) is 9.19. The predicted molar refractivity (Wildman–Crippen MR) is 56.1 cm³/mol. The first-order valence-corrected chi connectivity index (χ1v) is 5.26. The summed E-state index contributed by atoms with van der Waals surface area (Å²) < 4.78 is 63.1. The van der Waals surface area contributed by atoms with Crippen LogP contribution in [-0.2, 0) is 11.3 Å². The second-order valence-corrected chi connectivity index (χ2v) is 4.38. The lowest BCUT2D eigenvalue weighted by Crippen LogP contribution is -2.33. The van der Waals surface area contributed by atoms with Gasteiger partial charge in [0.15, 0.2) is 0 Å². The molecule has 1 saturated carbocycles. The number of terminal acetylenes is 1. The molecule has 0 amide bonds. The summed E-state index contributed by atoms with van der Waals surface area (Å²) in [5.41, 5.74) is -1.36. The molecule has 2 rings (SSSR count). The highest BCUT2D eigenvalue weighted by Crippen LogP contribution is 2.50. The Morgan fingerprint density at radius 1 is 1.11 bits per heavy atom. The molecule has 0 N–H and O–H groups in total. The summed E-state index contributed by atoms with van der Waals surface area (Å²) in [4.78, 5) is 0. The average molecular weight is 260 g/mol. The van der Waals surface area contributed by atoms with Crippen molar-refractivity contribution in [2.75, 3.05) is 0 Å². The number of halogens is 5. The first-order valence-electron chi connectivity index (χ1n) is 5.26. The fourth-order valence-corrected chi connectivity index (χ4v) is 1.82. The summed E-state index contributed by atoms with van der Waals surface area (Å²) >= 11 is 0. The highest BCUT2D eigenvalue weighted by molar-refractivity contribution is 5.43. The fraction of sp³-hybridized carbons (Fsp3) is 0.385. The zero-order chi connectivity index (χ0) is 13.6. The van der Waals surface area contributed by atoms with E-state index in [1.54, 1.807) is 0 Å². The van der Waals surface area contributed by atoms with Crippen molar-refractivity contribution in [2.24, 2.45) is 0 Å². The van der Waals surface area contributed by atoms with E-state index in [9.17, 15) is 22.0 Å². The number of rotatable bonds is 2. The molecular weight excluding hydrogens is 251 g/mol. The topological polar surface area (TPSA) is 0 Å². The van der Waals surface area contributed by atoms with Gasteiger partial charge in [-0.15, -0.1) is 6.42 Å². The highest BCUT2D eigenvalue weighted by atomic mass is 19.4. The van der Waals surface area contributed by atoms with Crippen LogP contribution in [0.15, 0.2) is 24.3 Å². The van der Waals surface area contributed by atoms with Crippen LogP contribution in [0.25, 0.3) is 0 Å². The van der Waals surface area contributed by atoms with Crippen molar-refractivity contribution >= 4 is 0 Å². The first kappa shape index (κ1) is 12.9. The van der Waals surface area contributed by atoms with E-state index in [-0.39, 0.29) is 0 Å². The van der Waals surface area contributed by atoms with E-state index in [0.29, 0.717) is 18.4 Å². The van der Waals surface area contributed by atoms with Crippen LogP contribution < -0.4 is 0 Å². The molecule has 5 heteroatoms. The molecule has 0 aromatic heterocycles. The van der Waals surface area contributed by atoms with Gasteiger partial charge in [-0.25, -0.2) is 0 Å². The Hall–Kier alpha value is -1.57. The van der Waals surface area contributed by atoms with Gasteiger partial charge in [-0.2, -0.15) is 22.0 Å². The molecule has 0 heterocycles. The normalized spacial score (nSPS) is 18.2. The van der Waals surface area contributed by atoms with Crippen LogP contribution in [-0.4, -0.2) is 6.18 Å². The van der Waals surface area contributed by atoms with Gasteiger partial charge in [0.25, 0.3) is 0 Å². The Kier molecular flexibility index (Phi) is 2.65. The minimum absolute atomic E-state index is 0.353. The molecule has 1 aliphatic rings. The molecular formula is C13H9F5. The molecule has 0 atom stereocenters. The van der Waals surface area contributed by atoms with Crippen molar-refractivity contribution in [1.29, 1.82) is 0 Å². The summed E-state index contributed by atoms with van der Waals surface area (Å²) in [5, 5.41) is 0. The van der Waals surface area contributed by atoms with E-state index in [2.05, 4.69) is 5.92 Å². The van der Waals surface area contributed by atoms with Crippen molar-refractivity contribution in [3.8, 4) is 12.3 Å². The lowest BCUT2D eigenvalue weighted by molar-refractivity contribution is -0.289. The Morgan fingerprint density at radius 2 is 1.72 bits per heavy atom. The molecule has 0 aliphatic heterocycles. The first-order chi connectivity index (χ1) is 8.23. The molecule has 96 valence electrons. The number of hydrogen-bond acceptors (Lipinski definition) is 0. The molecule has 0 radical (unpaired) electrons. The SMILES string of the molecule is C#CC1(c2cccc(C(F)(F)C(F)(F)F)c2)CC1. The van der Waals surface area contributed by atoms with Gasteiger partial charge in [-0.05, 0) is 24.5 Å². The van der Waals surface area contributed by atoms with E-state index < -0.39 is 23.1 Å². The largest absolute Gasteiger partial charge is 0.458 e. The highest BCUT2D eigenvalue weighted by Gasteiger charge is 2.59. The number of alkyl halides is 5.